The van der Waals surface area contributed by atoms with Gasteiger partial charge in [-0.2, -0.15) is 8.42 Å². The van der Waals surface area contributed by atoms with Crippen LogP contribution in [-0.2, 0) is 21.0 Å². The maximum absolute atomic E-state index is 11.9. The van der Waals surface area contributed by atoms with Crippen LogP contribution in [0, 0.1) is 28.6 Å². The highest BCUT2D eigenvalue weighted by atomic mass is 32.3. The van der Waals surface area contributed by atoms with E-state index < -0.39 is 16.5 Å². The Morgan fingerprint density at radius 2 is 1.92 bits per heavy atom. The van der Waals surface area contributed by atoms with Crippen LogP contribution >= 0.6 is 0 Å². The predicted octanol–water partition coefficient (Wildman–Crippen LogP) is 7.77. The summed E-state index contributed by atoms with van der Waals surface area (Å²) < 4.78 is 38.7. The summed E-state index contributed by atoms with van der Waals surface area (Å²) in [4.78, 5) is 0. The lowest BCUT2D eigenvalue weighted by Crippen LogP contribution is -2.49. The Balaban J connectivity index is 1.67. The molecule has 1 aromatic rings. The van der Waals surface area contributed by atoms with Crippen LogP contribution in [0.25, 0.3) is 0 Å². The lowest BCUT2D eigenvalue weighted by molar-refractivity contribution is -0.0517. The van der Waals surface area contributed by atoms with Crippen LogP contribution in [0.4, 0.5) is 0 Å². The summed E-state index contributed by atoms with van der Waals surface area (Å²) in [6.45, 7) is 13.3. The summed E-state index contributed by atoms with van der Waals surface area (Å²) in [5.41, 5.74) is 3.47. The molecule has 0 spiro atoms. The highest BCUT2D eigenvalue weighted by Crippen LogP contribution is 2.60. The fourth-order valence-electron chi connectivity index (χ4n) is 7.36. The second-order valence-corrected chi connectivity index (χ2v) is 13.9. The Bertz CT molecular complexity index is 1140. The number of phenols is 2. The molecule has 0 aliphatic heterocycles. The van der Waals surface area contributed by atoms with E-state index in [1.54, 1.807) is 6.07 Å². The van der Waals surface area contributed by atoms with Crippen molar-refractivity contribution in [2.45, 2.75) is 105 Å². The molecule has 3 N–H and O–H groups in total. The molecule has 0 bridgehead atoms. The molecule has 1 fully saturated rings. The quantitative estimate of drug-likeness (QED) is 0.148. The van der Waals surface area contributed by atoms with Crippen LogP contribution in [-0.4, -0.2) is 29.3 Å². The maximum Gasteiger partial charge on any atom is 0.397 e. The van der Waals surface area contributed by atoms with Crippen LogP contribution in [0.15, 0.2) is 41.5 Å². The van der Waals surface area contributed by atoms with Gasteiger partial charge in [0.15, 0.2) is 0 Å². The number of aromatic hydroxyl groups is 2. The van der Waals surface area contributed by atoms with Crippen molar-refractivity contribution in [1.29, 1.82) is 0 Å². The number of allylic oxidation sites excluding steroid dienone is 4. The fraction of sp³-hybridized carbons (Fsp3) is 0.677. The van der Waals surface area contributed by atoms with E-state index in [9.17, 15) is 23.2 Å². The molecule has 0 unspecified atom stereocenters. The molecule has 2 aliphatic carbocycles. The van der Waals surface area contributed by atoms with Gasteiger partial charge in [-0.25, -0.2) is 4.18 Å². The van der Waals surface area contributed by atoms with Crippen molar-refractivity contribution in [1.82, 2.24) is 0 Å². The minimum atomic E-state index is -4.57. The third-order valence-corrected chi connectivity index (χ3v) is 10.1. The molecule has 0 radical (unpaired) electrons. The Morgan fingerprint density at radius 3 is 2.61 bits per heavy atom. The van der Waals surface area contributed by atoms with Gasteiger partial charge < -0.3 is 10.2 Å². The van der Waals surface area contributed by atoms with E-state index in [2.05, 4.69) is 33.8 Å². The molecule has 5 atom stereocenters. The molecule has 7 heteroatoms. The van der Waals surface area contributed by atoms with Crippen molar-refractivity contribution < 1.29 is 27.4 Å². The van der Waals surface area contributed by atoms with E-state index in [1.165, 1.54) is 30.5 Å². The van der Waals surface area contributed by atoms with Gasteiger partial charge in [0.05, 0.1) is 6.10 Å². The minimum absolute atomic E-state index is 0.0479. The average molecular weight is 549 g/mol. The van der Waals surface area contributed by atoms with Gasteiger partial charge in [0, 0.05) is 5.56 Å². The van der Waals surface area contributed by atoms with Crippen molar-refractivity contribution in [3.05, 3.63) is 47.1 Å². The molecule has 2 aliphatic rings. The van der Waals surface area contributed by atoms with Crippen LogP contribution in [0.2, 0.25) is 0 Å². The third-order valence-electron chi connectivity index (χ3n) is 9.61. The summed E-state index contributed by atoms with van der Waals surface area (Å²) in [5, 5.41) is 19.7. The van der Waals surface area contributed by atoms with Crippen LogP contribution in [0.1, 0.15) is 98.5 Å². The molecule has 6 nitrogen and oxygen atoms in total. The van der Waals surface area contributed by atoms with Gasteiger partial charge >= 0.3 is 10.4 Å². The Kier molecular flexibility index (Phi) is 9.81. The predicted molar refractivity (Wildman–Crippen MR) is 152 cm³/mol. The van der Waals surface area contributed by atoms with E-state index in [0.717, 1.165) is 37.7 Å². The molecule has 1 saturated carbocycles. The smallest absolute Gasteiger partial charge is 0.397 e. The van der Waals surface area contributed by atoms with Gasteiger partial charge in [0.2, 0.25) is 0 Å². The van der Waals surface area contributed by atoms with Gasteiger partial charge in [-0.3, -0.25) is 4.55 Å². The number of fused-ring (bicyclic) bond motifs is 1. The molecule has 214 valence electrons. The average Bonchev–Trinajstić information content (AvgIpc) is 2.79. The first kappa shape index (κ1) is 30.7. The zero-order valence-electron chi connectivity index (χ0n) is 24.0. The van der Waals surface area contributed by atoms with Gasteiger partial charge in [0.1, 0.15) is 11.5 Å². The highest BCUT2D eigenvalue weighted by Gasteiger charge is 2.52. The lowest BCUT2D eigenvalue weighted by atomic mass is 9.48. The molecule has 3 rings (SSSR count). The Labute approximate surface area is 230 Å². The fourth-order valence-corrected chi connectivity index (χ4v) is 7.94. The number of phenolic OH excluding ortho intramolecular Hbond substituents is 2. The summed E-state index contributed by atoms with van der Waals surface area (Å²) in [6, 6.07) is 4.52. The van der Waals surface area contributed by atoms with Crippen molar-refractivity contribution in [2.75, 3.05) is 0 Å². The second kappa shape index (κ2) is 12.1. The van der Waals surface area contributed by atoms with Crippen LogP contribution in [0.5, 0.6) is 11.5 Å². The Morgan fingerprint density at radius 1 is 1.21 bits per heavy atom. The zero-order valence-corrected chi connectivity index (χ0v) is 24.9. The van der Waals surface area contributed by atoms with E-state index >= 15 is 0 Å². The summed E-state index contributed by atoms with van der Waals surface area (Å²) in [7, 11) is -4.57. The molecular weight excluding hydrogens is 500 g/mol. The normalized spacial score (nSPS) is 27.3. The second-order valence-electron chi connectivity index (χ2n) is 12.9. The first-order valence-corrected chi connectivity index (χ1v) is 15.5. The van der Waals surface area contributed by atoms with Crippen molar-refractivity contribution in [3.63, 3.8) is 0 Å². The van der Waals surface area contributed by atoms with Gasteiger partial charge in [-0.05, 0) is 112 Å². The first-order chi connectivity index (χ1) is 17.6. The van der Waals surface area contributed by atoms with Crippen LogP contribution < -0.4 is 0 Å². The lowest BCUT2D eigenvalue weighted by Gasteiger charge is -2.57. The van der Waals surface area contributed by atoms with E-state index in [1.807, 2.05) is 19.9 Å². The molecule has 0 aromatic heterocycles. The Hall–Kier alpha value is -1.83. The van der Waals surface area contributed by atoms with E-state index in [0.29, 0.717) is 24.3 Å². The standard InChI is InChI=1S/C31H48O6S/c1-21(11-13-24-19-25(32)14-15-27(24)33)9-7-10-23(3)28(37-38(34,35)36)20-26-22(2)12-16-29-30(4,5)17-8-18-31(26,29)6/h11-12,14-15,19,23,26,28-29,32-33H,7-10,13,16-18,20H2,1-6H3,(H,34,35,36)/b21-11+/t23-,26-,28-,29+,31-/m1/s1. The monoisotopic (exact) mass is 548 g/mol. The van der Waals surface area contributed by atoms with Crippen LogP contribution in [0.3, 0.4) is 0 Å². The molecule has 0 amide bonds. The maximum atomic E-state index is 11.9. The molecule has 38 heavy (non-hydrogen) atoms. The van der Waals surface area contributed by atoms with Crippen molar-refractivity contribution >= 4 is 10.4 Å². The number of hydrogen-bond donors (Lipinski definition) is 3. The first-order valence-electron chi connectivity index (χ1n) is 14.1. The van der Waals surface area contributed by atoms with Gasteiger partial charge in [0.25, 0.3) is 0 Å². The zero-order chi connectivity index (χ0) is 28.3. The van der Waals surface area contributed by atoms with E-state index in [4.69, 9.17) is 4.18 Å². The van der Waals surface area contributed by atoms with Crippen molar-refractivity contribution in [2.24, 2.45) is 28.6 Å². The van der Waals surface area contributed by atoms with Crippen molar-refractivity contribution in [3.8, 4) is 11.5 Å². The van der Waals surface area contributed by atoms with Gasteiger partial charge in [-0.1, -0.05) is 57.4 Å². The molecular formula is C31H48O6S. The third kappa shape index (κ3) is 7.64. The summed E-state index contributed by atoms with van der Waals surface area (Å²) in [6.07, 6.45) is 12.0. The molecule has 0 heterocycles. The summed E-state index contributed by atoms with van der Waals surface area (Å²) >= 11 is 0. The highest BCUT2D eigenvalue weighted by molar-refractivity contribution is 7.80. The molecule has 1 aromatic carbocycles. The van der Waals surface area contributed by atoms with E-state index in [-0.39, 0.29) is 34.2 Å². The number of rotatable bonds is 11. The largest absolute Gasteiger partial charge is 0.508 e. The topological polar surface area (TPSA) is 104 Å². The SMILES string of the molecule is CC1=CC[C@H]2C(C)(C)CCC[C@]2(C)[C@@H]1C[C@@H](OS(=O)(=O)O)[C@H](C)CCC/C(C)=C/Cc1cc(O)ccc1O. The molecule has 0 saturated heterocycles. The minimum Gasteiger partial charge on any atom is -0.508 e. The van der Waals surface area contributed by atoms with Gasteiger partial charge in [-0.15, -0.1) is 0 Å². The number of hydrogen-bond acceptors (Lipinski definition) is 5. The number of benzene rings is 1. The summed E-state index contributed by atoms with van der Waals surface area (Å²) in [5.74, 6) is 0.996.